The predicted molar refractivity (Wildman–Crippen MR) is 104 cm³/mol. The molecule has 2 amide bonds. The van der Waals surface area contributed by atoms with Gasteiger partial charge < -0.3 is 19.3 Å². The molecule has 2 fully saturated rings. The maximum Gasteiger partial charge on any atom is 0.338 e. The average molecular weight is 402 g/mol. The highest BCUT2D eigenvalue weighted by Gasteiger charge is 2.39. The molecule has 2 unspecified atom stereocenters. The fourth-order valence-corrected chi connectivity index (χ4v) is 3.91. The number of nitrogens with zero attached hydrogens (tertiary/aromatic N) is 2. The van der Waals surface area contributed by atoms with E-state index in [9.17, 15) is 19.2 Å². The van der Waals surface area contributed by atoms with Crippen LogP contribution < -0.4 is 4.90 Å². The number of benzene rings is 1. The van der Waals surface area contributed by atoms with Crippen LogP contribution in [0.1, 0.15) is 36.5 Å². The van der Waals surface area contributed by atoms with Crippen LogP contribution in [-0.2, 0) is 23.9 Å². The molecular weight excluding hydrogens is 376 g/mol. The molecule has 29 heavy (non-hydrogen) atoms. The van der Waals surface area contributed by atoms with Crippen LogP contribution in [0.25, 0.3) is 0 Å². The number of hydrogen-bond donors (Lipinski definition) is 0. The first-order valence-corrected chi connectivity index (χ1v) is 9.88. The van der Waals surface area contributed by atoms with Crippen molar-refractivity contribution >= 4 is 29.4 Å². The number of likely N-dealkylation sites (tertiary alicyclic amines) is 1. The molecule has 1 aromatic carbocycles. The number of hydrogen-bond acceptors (Lipinski definition) is 6. The molecule has 0 bridgehead atoms. The van der Waals surface area contributed by atoms with E-state index in [0.717, 1.165) is 6.42 Å². The number of anilines is 1. The minimum absolute atomic E-state index is 0.0994. The molecule has 0 aromatic heterocycles. The molecule has 3 rings (SSSR count). The molecule has 8 nitrogen and oxygen atoms in total. The molecule has 156 valence electrons. The predicted octanol–water partition coefficient (Wildman–Crippen LogP) is 1.63. The number of rotatable bonds is 5. The van der Waals surface area contributed by atoms with E-state index in [4.69, 9.17) is 9.47 Å². The van der Waals surface area contributed by atoms with Crippen LogP contribution in [0.15, 0.2) is 24.3 Å². The maximum absolute atomic E-state index is 12.9. The van der Waals surface area contributed by atoms with E-state index in [2.05, 4.69) is 0 Å². The zero-order chi connectivity index (χ0) is 21.0. The van der Waals surface area contributed by atoms with Gasteiger partial charge in [0, 0.05) is 31.7 Å². The van der Waals surface area contributed by atoms with Gasteiger partial charge in [0.05, 0.1) is 31.1 Å². The summed E-state index contributed by atoms with van der Waals surface area (Å²) in [4.78, 5) is 52.3. The molecule has 8 heteroatoms. The fourth-order valence-electron chi connectivity index (χ4n) is 3.91. The number of ether oxygens (including phenoxy) is 2. The number of piperidine rings is 1. The van der Waals surface area contributed by atoms with Crippen LogP contribution >= 0.6 is 0 Å². The van der Waals surface area contributed by atoms with Gasteiger partial charge in [-0.3, -0.25) is 14.4 Å². The first-order valence-electron chi connectivity index (χ1n) is 9.88. The largest absolute Gasteiger partial charge is 0.469 e. The SMILES string of the molecule is CCOC(=O)c1ccc(N2CC(C(=O)N3CCCC(C(=O)OC)C3)CC2=O)cc1. The van der Waals surface area contributed by atoms with E-state index >= 15 is 0 Å². The second kappa shape index (κ2) is 9.07. The van der Waals surface area contributed by atoms with Gasteiger partial charge in [0.2, 0.25) is 11.8 Å². The minimum atomic E-state index is -0.441. The highest BCUT2D eigenvalue weighted by molar-refractivity contribution is 6.00. The summed E-state index contributed by atoms with van der Waals surface area (Å²) < 4.78 is 9.77. The third-order valence-electron chi connectivity index (χ3n) is 5.43. The summed E-state index contributed by atoms with van der Waals surface area (Å²) in [5, 5.41) is 0. The Morgan fingerprint density at radius 3 is 2.48 bits per heavy atom. The van der Waals surface area contributed by atoms with Crippen molar-refractivity contribution in [3.8, 4) is 0 Å². The Morgan fingerprint density at radius 1 is 1.10 bits per heavy atom. The zero-order valence-electron chi connectivity index (χ0n) is 16.8. The van der Waals surface area contributed by atoms with Crippen molar-refractivity contribution in [2.24, 2.45) is 11.8 Å². The first-order chi connectivity index (χ1) is 13.9. The second-order valence-corrected chi connectivity index (χ2v) is 7.32. The van der Waals surface area contributed by atoms with Crippen molar-refractivity contribution in [1.29, 1.82) is 0 Å². The van der Waals surface area contributed by atoms with Gasteiger partial charge in [-0.2, -0.15) is 0 Å². The Bertz CT molecular complexity index is 791. The molecule has 0 radical (unpaired) electrons. The summed E-state index contributed by atoms with van der Waals surface area (Å²) in [5.41, 5.74) is 1.06. The lowest BCUT2D eigenvalue weighted by Gasteiger charge is -2.33. The quantitative estimate of drug-likeness (QED) is 0.695. The highest BCUT2D eigenvalue weighted by Crippen LogP contribution is 2.28. The van der Waals surface area contributed by atoms with E-state index < -0.39 is 11.9 Å². The molecule has 2 atom stereocenters. The lowest BCUT2D eigenvalue weighted by molar-refractivity contribution is -0.149. The molecule has 0 N–H and O–H groups in total. The molecular formula is C21H26N2O6. The molecule has 0 spiro atoms. The standard InChI is InChI=1S/C21H26N2O6/c1-3-29-21(27)14-6-8-17(9-7-14)23-13-16(11-18(23)24)19(25)22-10-4-5-15(12-22)20(26)28-2/h6-9,15-16H,3-5,10-13H2,1-2H3. The number of carbonyl (C=O) groups excluding carboxylic acids is 4. The lowest BCUT2D eigenvalue weighted by atomic mass is 9.96. The summed E-state index contributed by atoms with van der Waals surface area (Å²) in [6.45, 7) is 3.25. The van der Waals surface area contributed by atoms with Crippen LogP contribution in [0.3, 0.4) is 0 Å². The second-order valence-electron chi connectivity index (χ2n) is 7.32. The minimum Gasteiger partial charge on any atom is -0.469 e. The molecule has 2 aliphatic rings. The van der Waals surface area contributed by atoms with Crippen LogP contribution in [0.4, 0.5) is 5.69 Å². The van der Waals surface area contributed by atoms with E-state index in [1.807, 2.05) is 0 Å². The Balaban J connectivity index is 1.64. The number of esters is 2. The third-order valence-corrected chi connectivity index (χ3v) is 5.43. The average Bonchev–Trinajstić information content (AvgIpc) is 3.14. The van der Waals surface area contributed by atoms with Crippen molar-refractivity contribution in [3.05, 3.63) is 29.8 Å². The summed E-state index contributed by atoms with van der Waals surface area (Å²) in [6, 6.07) is 6.60. The van der Waals surface area contributed by atoms with Crippen molar-refractivity contribution in [2.45, 2.75) is 26.2 Å². The summed E-state index contributed by atoms with van der Waals surface area (Å²) in [7, 11) is 1.35. The van der Waals surface area contributed by atoms with Crippen molar-refractivity contribution in [3.63, 3.8) is 0 Å². The Hall–Kier alpha value is -2.90. The number of methoxy groups -OCH3 is 1. The number of carbonyl (C=O) groups is 4. The topological polar surface area (TPSA) is 93.2 Å². The van der Waals surface area contributed by atoms with Gasteiger partial charge in [-0.1, -0.05) is 0 Å². The van der Waals surface area contributed by atoms with Gasteiger partial charge in [0.15, 0.2) is 0 Å². The number of amides is 2. The zero-order valence-corrected chi connectivity index (χ0v) is 16.8. The van der Waals surface area contributed by atoms with Gasteiger partial charge >= 0.3 is 11.9 Å². The molecule has 2 heterocycles. The molecule has 2 saturated heterocycles. The molecule has 2 aliphatic heterocycles. The van der Waals surface area contributed by atoms with E-state index in [-0.39, 0.29) is 36.7 Å². The third kappa shape index (κ3) is 4.58. The van der Waals surface area contributed by atoms with Crippen LogP contribution in [0.2, 0.25) is 0 Å². The van der Waals surface area contributed by atoms with Crippen LogP contribution in [-0.4, -0.2) is 62.0 Å². The van der Waals surface area contributed by atoms with Gasteiger partial charge in [-0.05, 0) is 44.0 Å². The Kier molecular flexibility index (Phi) is 6.51. The maximum atomic E-state index is 12.9. The molecule has 0 aliphatic carbocycles. The smallest absolute Gasteiger partial charge is 0.338 e. The Morgan fingerprint density at radius 2 is 1.83 bits per heavy atom. The van der Waals surface area contributed by atoms with Crippen molar-refractivity contribution < 1.29 is 28.7 Å². The van der Waals surface area contributed by atoms with Crippen LogP contribution in [0.5, 0.6) is 0 Å². The van der Waals surface area contributed by atoms with E-state index in [0.29, 0.717) is 37.4 Å². The first kappa shape index (κ1) is 20.8. The lowest BCUT2D eigenvalue weighted by Crippen LogP contribution is -2.45. The van der Waals surface area contributed by atoms with Crippen molar-refractivity contribution in [2.75, 3.05) is 38.3 Å². The Labute approximate surface area is 169 Å². The monoisotopic (exact) mass is 402 g/mol. The normalized spacial score (nSPS) is 21.8. The molecule has 1 aromatic rings. The van der Waals surface area contributed by atoms with E-state index in [1.54, 1.807) is 41.0 Å². The van der Waals surface area contributed by atoms with Crippen LogP contribution in [0, 0.1) is 11.8 Å². The van der Waals surface area contributed by atoms with Gasteiger partial charge in [-0.25, -0.2) is 4.79 Å². The summed E-state index contributed by atoms with van der Waals surface area (Å²) in [6.07, 6.45) is 1.59. The van der Waals surface area contributed by atoms with E-state index in [1.165, 1.54) is 7.11 Å². The summed E-state index contributed by atoms with van der Waals surface area (Å²) >= 11 is 0. The van der Waals surface area contributed by atoms with Gasteiger partial charge in [0.25, 0.3) is 0 Å². The highest BCUT2D eigenvalue weighted by atomic mass is 16.5. The van der Waals surface area contributed by atoms with Gasteiger partial charge in [0.1, 0.15) is 0 Å². The fraction of sp³-hybridized carbons (Fsp3) is 0.524. The van der Waals surface area contributed by atoms with Crippen molar-refractivity contribution in [1.82, 2.24) is 4.90 Å². The summed E-state index contributed by atoms with van der Waals surface area (Å²) in [5.74, 6) is -1.69. The molecule has 0 saturated carbocycles. The van der Waals surface area contributed by atoms with Gasteiger partial charge in [-0.15, -0.1) is 0 Å².